The smallest absolute Gasteiger partial charge is 0.243 e. The molecule has 11 heteroatoms. The third-order valence-corrected chi connectivity index (χ3v) is 8.59. The van der Waals surface area contributed by atoms with Gasteiger partial charge in [0.2, 0.25) is 21.8 Å². The van der Waals surface area contributed by atoms with Crippen molar-refractivity contribution in [2.75, 3.05) is 13.6 Å². The lowest BCUT2D eigenvalue weighted by Crippen LogP contribution is -2.54. The predicted octanol–water partition coefficient (Wildman–Crippen LogP) is 5.43. The minimum Gasteiger partial charge on any atom is -0.352 e. The average Bonchev–Trinajstić information content (AvgIpc) is 2.87. The van der Waals surface area contributed by atoms with Gasteiger partial charge in [0.15, 0.2) is 0 Å². The monoisotopic (exact) mass is 609 g/mol. The largest absolute Gasteiger partial charge is 0.352 e. The summed E-state index contributed by atoms with van der Waals surface area (Å²) in [5.74, 6) is -0.934. The molecule has 0 radical (unpaired) electrons. The molecule has 0 bridgehead atoms. The molecule has 3 aromatic rings. The zero-order valence-electron chi connectivity index (χ0n) is 21.8. The van der Waals surface area contributed by atoms with E-state index in [2.05, 4.69) is 5.32 Å². The number of carbonyl (C=O) groups is 2. The molecular formula is C28H30Cl3N3O4S. The zero-order chi connectivity index (χ0) is 28.7. The first-order chi connectivity index (χ1) is 18.4. The van der Waals surface area contributed by atoms with Crippen LogP contribution in [0.25, 0.3) is 0 Å². The van der Waals surface area contributed by atoms with Crippen LogP contribution in [-0.4, -0.2) is 55.1 Å². The van der Waals surface area contributed by atoms with Gasteiger partial charge in [-0.3, -0.25) is 9.59 Å². The average molecular weight is 611 g/mol. The second kappa shape index (κ2) is 13.6. The molecule has 0 saturated heterocycles. The number of amides is 2. The third kappa shape index (κ3) is 8.43. The molecule has 1 atom stereocenters. The minimum absolute atomic E-state index is 0.00659. The number of nitrogens with one attached hydrogen (secondary N) is 1. The van der Waals surface area contributed by atoms with Crippen molar-refractivity contribution in [1.29, 1.82) is 0 Å². The lowest BCUT2D eigenvalue weighted by atomic mass is 10.0. The van der Waals surface area contributed by atoms with E-state index in [0.29, 0.717) is 20.6 Å². The van der Waals surface area contributed by atoms with E-state index in [1.807, 2.05) is 44.2 Å². The van der Waals surface area contributed by atoms with E-state index >= 15 is 0 Å². The zero-order valence-corrected chi connectivity index (χ0v) is 24.9. The van der Waals surface area contributed by atoms with E-state index in [1.165, 1.54) is 36.2 Å². The van der Waals surface area contributed by atoms with Gasteiger partial charge in [-0.2, -0.15) is 4.31 Å². The topological polar surface area (TPSA) is 86.8 Å². The first kappa shape index (κ1) is 30.9. The first-order valence-electron chi connectivity index (χ1n) is 12.2. The number of benzene rings is 3. The Morgan fingerprint density at radius 2 is 1.51 bits per heavy atom. The van der Waals surface area contributed by atoms with Crippen LogP contribution in [0.3, 0.4) is 0 Å². The van der Waals surface area contributed by atoms with E-state index in [9.17, 15) is 18.0 Å². The third-order valence-electron chi connectivity index (χ3n) is 5.94. The summed E-state index contributed by atoms with van der Waals surface area (Å²) in [6, 6.07) is 18.7. The van der Waals surface area contributed by atoms with Crippen LogP contribution in [0, 0.1) is 0 Å². The summed E-state index contributed by atoms with van der Waals surface area (Å²) in [5.41, 5.74) is 1.40. The first-order valence-corrected chi connectivity index (χ1v) is 14.8. The van der Waals surface area contributed by atoms with Crippen molar-refractivity contribution in [2.45, 2.75) is 43.8 Å². The molecule has 7 nitrogen and oxygen atoms in total. The van der Waals surface area contributed by atoms with E-state index in [0.717, 1.165) is 9.87 Å². The second-order valence-corrected chi connectivity index (χ2v) is 12.7. The number of rotatable bonds is 11. The van der Waals surface area contributed by atoms with E-state index in [-0.39, 0.29) is 29.8 Å². The Bertz CT molecular complexity index is 1400. The molecule has 39 heavy (non-hydrogen) atoms. The van der Waals surface area contributed by atoms with E-state index in [4.69, 9.17) is 34.8 Å². The predicted molar refractivity (Wildman–Crippen MR) is 155 cm³/mol. The molecular weight excluding hydrogens is 581 g/mol. The van der Waals surface area contributed by atoms with Gasteiger partial charge in [-0.05, 0) is 61.4 Å². The van der Waals surface area contributed by atoms with Crippen molar-refractivity contribution >= 4 is 56.6 Å². The standard InChI is InChI=1S/C28H30Cl3N3O4S/c1-19(2)32-28(36)26(15-20-7-5-4-6-8-20)34(17-21-9-10-23(30)16-25(21)31)27(35)18-33(3)39(37,38)24-13-11-22(29)12-14-24/h4-14,16,19,26H,15,17-18H2,1-3H3,(H,32,36)/t26-/m1/s1. The summed E-state index contributed by atoms with van der Waals surface area (Å²) in [4.78, 5) is 28.7. The van der Waals surface area contributed by atoms with Crippen molar-refractivity contribution in [1.82, 2.24) is 14.5 Å². The molecule has 0 unspecified atom stereocenters. The maximum atomic E-state index is 13.8. The van der Waals surface area contributed by atoms with Gasteiger partial charge in [-0.1, -0.05) is 71.2 Å². The van der Waals surface area contributed by atoms with Crippen LogP contribution in [0.1, 0.15) is 25.0 Å². The molecule has 0 aromatic heterocycles. The van der Waals surface area contributed by atoms with Gasteiger partial charge in [0.05, 0.1) is 11.4 Å². The molecule has 1 N–H and O–H groups in total. The highest BCUT2D eigenvalue weighted by Gasteiger charge is 2.33. The number of nitrogens with zero attached hydrogens (tertiary/aromatic N) is 2. The van der Waals surface area contributed by atoms with Crippen LogP contribution < -0.4 is 5.32 Å². The van der Waals surface area contributed by atoms with Gasteiger partial charge >= 0.3 is 0 Å². The number of carbonyl (C=O) groups excluding carboxylic acids is 2. The fourth-order valence-electron chi connectivity index (χ4n) is 3.92. The van der Waals surface area contributed by atoms with Crippen molar-refractivity contribution in [3.05, 3.63) is 99.0 Å². The summed E-state index contributed by atoms with van der Waals surface area (Å²) >= 11 is 18.4. The maximum absolute atomic E-state index is 13.8. The van der Waals surface area contributed by atoms with Crippen molar-refractivity contribution in [2.24, 2.45) is 0 Å². The summed E-state index contributed by atoms with van der Waals surface area (Å²) in [5, 5.41) is 4.03. The molecule has 0 heterocycles. The van der Waals surface area contributed by atoms with Crippen LogP contribution in [0.2, 0.25) is 15.1 Å². The SMILES string of the molecule is CC(C)NC(=O)[C@@H](Cc1ccccc1)N(Cc1ccc(Cl)cc1Cl)C(=O)CN(C)S(=O)(=O)c1ccc(Cl)cc1. The number of halogens is 3. The Balaban J connectivity index is 2.00. The molecule has 0 aliphatic heterocycles. The summed E-state index contributed by atoms with van der Waals surface area (Å²) in [6.45, 7) is 3.11. The quantitative estimate of drug-likeness (QED) is 0.314. The van der Waals surface area contributed by atoms with Crippen LogP contribution in [0.15, 0.2) is 77.7 Å². The van der Waals surface area contributed by atoms with Gasteiger partial charge in [-0.15, -0.1) is 0 Å². The van der Waals surface area contributed by atoms with Gasteiger partial charge in [0.1, 0.15) is 6.04 Å². The molecule has 0 saturated carbocycles. The molecule has 0 aliphatic rings. The molecule has 0 fully saturated rings. The maximum Gasteiger partial charge on any atom is 0.243 e. The van der Waals surface area contributed by atoms with Crippen molar-refractivity contribution in [3.8, 4) is 0 Å². The number of hydrogen-bond donors (Lipinski definition) is 1. The number of sulfonamides is 1. The lowest BCUT2D eigenvalue weighted by molar-refractivity contribution is -0.141. The van der Waals surface area contributed by atoms with Gasteiger partial charge in [-0.25, -0.2) is 8.42 Å². The van der Waals surface area contributed by atoms with Gasteiger partial charge < -0.3 is 10.2 Å². The highest BCUT2D eigenvalue weighted by atomic mass is 35.5. The molecule has 0 spiro atoms. The van der Waals surface area contributed by atoms with Crippen molar-refractivity contribution < 1.29 is 18.0 Å². The van der Waals surface area contributed by atoms with Crippen LogP contribution >= 0.6 is 34.8 Å². The normalized spacial score (nSPS) is 12.4. The fourth-order valence-corrected chi connectivity index (χ4v) is 5.64. The minimum atomic E-state index is -4.01. The highest BCUT2D eigenvalue weighted by Crippen LogP contribution is 2.25. The molecule has 2 amide bonds. The second-order valence-electron chi connectivity index (χ2n) is 9.34. The number of likely N-dealkylation sites (N-methyl/N-ethyl adjacent to an activating group) is 1. The lowest BCUT2D eigenvalue weighted by Gasteiger charge is -2.33. The summed E-state index contributed by atoms with van der Waals surface area (Å²) in [7, 11) is -2.70. The summed E-state index contributed by atoms with van der Waals surface area (Å²) in [6.07, 6.45) is 0.212. The number of hydrogen-bond acceptors (Lipinski definition) is 4. The van der Waals surface area contributed by atoms with Crippen LogP contribution in [0.4, 0.5) is 0 Å². The Morgan fingerprint density at radius 3 is 2.10 bits per heavy atom. The Kier molecular flexibility index (Phi) is 10.8. The highest BCUT2D eigenvalue weighted by molar-refractivity contribution is 7.89. The van der Waals surface area contributed by atoms with E-state index in [1.54, 1.807) is 18.2 Å². The Hall–Kier alpha value is -2.62. The Morgan fingerprint density at radius 1 is 0.897 bits per heavy atom. The molecule has 208 valence electrons. The van der Waals surface area contributed by atoms with Crippen molar-refractivity contribution in [3.63, 3.8) is 0 Å². The van der Waals surface area contributed by atoms with Gasteiger partial charge in [0.25, 0.3) is 0 Å². The van der Waals surface area contributed by atoms with Gasteiger partial charge in [0, 0.05) is 41.1 Å². The Labute approximate surface area is 244 Å². The van der Waals surface area contributed by atoms with Crippen LogP contribution in [0.5, 0.6) is 0 Å². The molecule has 3 rings (SSSR count). The fraction of sp³-hybridized carbons (Fsp3) is 0.286. The molecule has 0 aliphatic carbocycles. The van der Waals surface area contributed by atoms with Crippen LogP contribution in [-0.2, 0) is 32.6 Å². The van der Waals surface area contributed by atoms with E-state index < -0.39 is 28.5 Å². The summed E-state index contributed by atoms with van der Waals surface area (Å²) < 4.78 is 27.3. The molecule has 3 aromatic carbocycles.